The van der Waals surface area contributed by atoms with Gasteiger partial charge in [0.1, 0.15) is 17.6 Å². The summed E-state index contributed by atoms with van der Waals surface area (Å²) in [5, 5.41) is 0. The van der Waals surface area contributed by atoms with E-state index >= 15 is 0 Å². The molecule has 104 valence electrons. The average molecular weight is 326 g/mol. The fraction of sp³-hybridized carbons (Fsp3) is 0.400. The molecule has 0 unspecified atom stereocenters. The molecule has 1 aromatic carbocycles. The van der Waals surface area contributed by atoms with Crippen molar-refractivity contribution in [2.24, 2.45) is 11.7 Å². The molecule has 0 saturated heterocycles. The molecular formula is C15H22BrN2O+. The lowest BCUT2D eigenvalue weighted by Gasteiger charge is -2.05. The highest BCUT2D eigenvalue weighted by molar-refractivity contribution is 9.12. The summed E-state index contributed by atoms with van der Waals surface area (Å²) in [5.41, 5.74) is 6.94. The Morgan fingerprint density at radius 3 is 2.68 bits per heavy atom. The first-order valence-corrected chi connectivity index (χ1v) is 7.27. The van der Waals surface area contributed by atoms with Gasteiger partial charge in [-0.25, -0.2) is 4.99 Å². The predicted octanol–water partition coefficient (Wildman–Crippen LogP) is 1.92. The van der Waals surface area contributed by atoms with E-state index in [1.54, 1.807) is 0 Å². The Bertz CT molecular complexity index is 427. The van der Waals surface area contributed by atoms with E-state index in [1.165, 1.54) is 0 Å². The van der Waals surface area contributed by atoms with Gasteiger partial charge in [-0.3, -0.25) is 0 Å². The highest BCUT2D eigenvalue weighted by Crippen LogP contribution is 2.08. The van der Waals surface area contributed by atoms with Crippen molar-refractivity contribution in [2.45, 2.75) is 26.9 Å². The summed E-state index contributed by atoms with van der Waals surface area (Å²) >= 11 is 3.40. The molecular weight excluding hydrogens is 304 g/mol. The van der Waals surface area contributed by atoms with E-state index in [4.69, 9.17) is 10.5 Å². The van der Waals surface area contributed by atoms with Gasteiger partial charge in [-0.1, -0.05) is 44.2 Å². The molecule has 0 bridgehead atoms. The molecule has 0 aromatic heterocycles. The normalized spacial score (nSPS) is 12.8. The topological polar surface area (TPSA) is 49.2 Å². The fourth-order valence-corrected chi connectivity index (χ4v) is 1.69. The molecule has 1 rings (SSSR count). The van der Waals surface area contributed by atoms with Crippen LogP contribution in [-0.2, 0) is 11.3 Å². The average Bonchev–Trinajstić information content (AvgIpc) is 2.41. The number of nitrogens with one attached hydrogen (secondary N) is 1. The van der Waals surface area contributed by atoms with E-state index in [-0.39, 0.29) is 0 Å². The van der Waals surface area contributed by atoms with Crippen LogP contribution in [0.5, 0.6) is 0 Å². The molecule has 3 N–H and O–H groups in total. The number of hydrogen-bond acceptors (Lipinski definition) is 2. The van der Waals surface area contributed by atoms with Gasteiger partial charge >= 0.3 is 0 Å². The molecule has 0 amide bonds. The SMILES string of the molecule is CC(C)CC[NH+]=C/C(Br)=C(\N)OCc1ccccc1. The van der Waals surface area contributed by atoms with E-state index < -0.39 is 0 Å². The van der Waals surface area contributed by atoms with Crippen LogP contribution in [0.1, 0.15) is 25.8 Å². The van der Waals surface area contributed by atoms with Gasteiger partial charge in [0, 0.05) is 6.42 Å². The molecule has 0 aliphatic heterocycles. The molecule has 0 aliphatic rings. The summed E-state index contributed by atoms with van der Waals surface area (Å²) < 4.78 is 6.25. The summed E-state index contributed by atoms with van der Waals surface area (Å²) in [7, 11) is 0. The number of halogens is 1. The van der Waals surface area contributed by atoms with Gasteiger partial charge in [0.05, 0.1) is 0 Å². The molecule has 0 aliphatic carbocycles. The second kappa shape index (κ2) is 8.75. The molecule has 0 radical (unpaired) electrons. The smallest absolute Gasteiger partial charge is 0.205 e. The second-order valence-electron chi connectivity index (χ2n) is 4.77. The quantitative estimate of drug-likeness (QED) is 0.594. The molecule has 0 saturated carbocycles. The lowest BCUT2D eigenvalue weighted by molar-refractivity contribution is -0.452. The standard InChI is InChI=1S/C15H21BrN2O/c1-12(2)8-9-18-10-14(16)15(17)19-11-13-6-4-3-5-7-13/h3-7,10,12H,8-9,11,17H2,1-2H3/p+1/b15-14-,18-10?. The number of ether oxygens (including phenoxy) is 1. The molecule has 0 spiro atoms. The van der Waals surface area contributed by atoms with E-state index in [1.807, 2.05) is 36.5 Å². The zero-order chi connectivity index (χ0) is 14.1. The number of rotatable bonds is 7. The van der Waals surface area contributed by atoms with E-state index in [9.17, 15) is 0 Å². The largest absolute Gasteiger partial charge is 0.474 e. The maximum absolute atomic E-state index is 5.85. The second-order valence-corrected chi connectivity index (χ2v) is 5.62. The van der Waals surface area contributed by atoms with Crippen LogP contribution in [0.2, 0.25) is 0 Å². The van der Waals surface area contributed by atoms with Crippen molar-refractivity contribution in [1.82, 2.24) is 0 Å². The fourth-order valence-electron chi connectivity index (χ4n) is 1.41. The molecule has 0 atom stereocenters. The first-order chi connectivity index (χ1) is 9.09. The third-order valence-electron chi connectivity index (χ3n) is 2.57. The van der Waals surface area contributed by atoms with Crippen LogP contribution >= 0.6 is 15.9 Å². The Labute approximate surface area is 123 Å². The highest BCUT2D eigenvalue weighted by atomic mass is 79.9. The summed E-state index contributed by atoms with van der Waals surface area (Å²) in [4.78, 5) is 3.21. The zero-order valence-corrected chi connectivity index (χ0v) is 13.1. The number of hydrogen-bond donors (Lipinski definition) is 2. The van der Waals surface area contributed by atoms with E-state index in [2.05, 4.69) is 34.8 Å². The maximum Gasteiger partial charge on any atom is 0.205 e. The van der Waals surface area contributed by atoms with E-state index in [0.29, 0.717) is 18.4 Å². The van der Waals surface area contributed by atoms with E-state index in [0.717, 1.165) is 23.0 Å². The molecule has 0 fully saturated rings. The predicted molar refractivity (Wildman–Crippen MR) is 82.7 cm³/mol. The van der Waals surface area contributed by atoms with Crippen LogP contribution in [0.3, 0.4) is 0 Å². The molecule has 19 heavy (non-hydrogen) atoms. The minimum atomic E-state index is 0.390. The van der Waals surface area contributed by atoms with Crippen LogP contribution in [0.4, 0.5) is 0 Å². The van der Waals surface area contributed by atoms with Crippen LogP contribution in [-0.4, -0.2) is 12.8 Å². The molecule has 4 heteroatoms. The summed E-state index contributed by atoms with van der Waals surface area (Å²) in [6.07, 6.45) is 2.96. The van der Waals surface area contributed by atoms with Crippen molar-refractivity contribution in [3.05, 3.63) is 46.3 Å². The first kappa shape index (κ1) is 15.8. The van der Waals surface area contributed by atoms with Crippen molar-refractivity contribution in [1.29, 1.82) is 0 Å². The van der Waals surface area contributed by atoms with Gasteiger partial charge in [0.2, 0.25) is 5.88 Å². The van der Waals surface area contributed by atoms with Crippen LogP contribution in [0, 0.1) is 5.92 Å². The maximum atomic E-state index is 5.85. The van der Waals surface area contributed by atoms with Gasteiger partial charge in [-0.05, 0) is 27.4 Å². The number of allylic oxidation sites excluding steroid dienone is 1. The monoisotopic (exact) mass is 325 g/mol. The Hall–Kier alpha value is -1.29. The molecule has 3 nitrogen and oxygen atoms in total. The van der Waals surface area contributed by atoms with Crippen molar-refractivity contribution >= 4 is 22.1 Å². The highest BCUT2D eigenvalue weighted by Gasteiger charge is 2.02. The Morgan fingerprint density at radius 1 is 1.37 bits per heavy atom. The number of nitrogens with two attached hydrogens (primary N) is 1. The van der Waals surface area contributed by atoms with Crippen molar-refractivity contribution in [3.63, 3.8) is 0 Å². The first-order valence-electron chi connectivity index (χ1n) is 6.48. The summed E-state index contributed by atoms with van der Waals surface area (Å²) in [6.45, 7) is 5.80. The zero-order valence-electron chi connectivity index (χ0n) is 11.5. The van der Waals surface area contributed by atoms with Gasteiger partial charge in [-0.15, -0.1) is 0 Å². The Balaban J connectivity index is 2.41. The minimum absolute atomic E-state index is 0.390. The van der Waals surface area contributed by atoms with Crippen LogP contribution < -0.4 is 10.7 Å². The van der Waals surface area contributed by atoms with Crippen molar-refractivity contribution in [3.8, 4) is 0 Å². The lowest BCUT2D eigenvalue weighted by Crippen LogP contribution is -2.69. The minimum Gasteiger partial charge on any atom is -0.474 e. The lowest BCUT2D eigenvalue weighted by atomic mass is 10.1. The Kier molecular flexibility index (Phi) is 7.26. The van der Waals surface area contributed by atoms with Gasteiger partial charge < -0.3 is 10.5 Å². The summed E-state index contributed by atoms with van der Waals surface area (Å²) in [6, 6.07) is 9.95. The number of benzene rings is 1. The third kappa shape index (κ3) is 7.01. The van der Waals surface area contributed by atoms with Gasteiger partial charge in [-0.2, -0.15) is 0 Å². The Morgan fingerprint density at radius 2 is 2.05 bits per heavy atom. The van der Waals surface area contributed by atoms with Crippen LogP contribution in [0.15, 0.2) is 40.7 Å². The summed E-state index contributed by atoms with van der Waals surface area (Å²) in [5.74, 6) is 1.08. The molecule has 1 aromatic rings. The molecule has 0 heterocycles. The van der Waals surface area contributed by atoms with Gasteiger partial charge in [0.15, 0.2) is 6.21 Å². The third-order valence-corrected chi connectivity index (χ3v) is 3.19. The van der Waals surface area contributed by atoms with Crippen molar-refractivity contribution < 1.29 is 9.73 Å². The van der Waals surface area contributed by atoms with Crippen molar-refractivity contribution in [2.75, 3.05) is 6.54 Å². The van der Waals surface area contributed by atoms with Gasteiger partial charge in [0.25, 0.3) is 0 Å². The van der Waals surface area contributed by atoms with Crippen LogP contribution in [0.25, 0.3) is 0 Å².